The maximum absolute atomic E-state index is 4.85. The van der Waals surface area contributed by atoms with Crippen molar-refractivity contribution in [2.75, 3.05) is 13.2 Å². The molecule has 2 heteroatoms. The zero-order valence-corrected chi connectivity index (χ0v) is 4.11. The highest BCUT2D eigenvalue weighted by Gasteiger charge is 1.86. The molecule has 0 bridgehead atoms. The Bertz CT molecular complexity index is 62.5. The molecule has 0 aromatic rings. The van der Waals surface area contributed by atoms with Crippen LogP contribution in [0.25, 0.3) is 0 Å². The van der Waals surface area contributed by atoms with Gasteiger partial charge in [-0.25, -0.2) is 0 Å². The molecule has 1 heterocycles. The molecule has 0 spiro atoms. The maximum Gasteiger partial charge on any atom is 0.0716 e. The molecule has 1 radical (unpaired) electrons. The minimum absolute atomic E-state index is 0.722. The molecule has 7 heavy (non-hydrogen) atoms. The molecule has 0 amide bonds. The van der Waals surface area contributed by atoms with E-state index in [1.807, 2.05) is 6.08 Å². The first-order chi connectivity index (χ1) is 3.50. The third-order valence-electron chi connectivity index (χ3n) is 0.785. The van der Waals surface area contributed by atoms with E-state index in [1.165, 1.54) is 0 Å². The lowest BCUT2D eigenvalue weighted by Gasteiger charge is -1.94. The van der Waals surface area contributed by atoms with Gasteiger partial charge in [-0.2, -0.15) is 5.48 Å². The van der Waals surface area contributed by atoms with Crippen LogP contribution in [0.15, 0.2) is 6.08 Å². The van der Waals surface area contributed by atoms with E-state index in [9.17, 15) is 0 Å². The van der Waals surface area contributed by atoms with Crippen LogP contribution >= 0.6 is 0 Å². The molecule has 0 atom stereocenters. The van der Waals surface area contributed by atoms with Crippen LogP contribution in [0.3, 0.4) is 0 Å². The van der Waals surface area contributed by atoms with Gasteiger partial charge < -0.3 is 4.84 Å². The Balaban J connectivity index is 2.20. The molecule has 2 nitrogen and oxygen atoms in total. The largest absolute Gasteiger partial charge is 0.301 e. The lowest BCUT2D eigenvalue weighted by molar-refractivity contribution is 0.0550. The molecule has 0 aromatic carbocycles. The van der Waals surface area contributed by atoms with Crippen LogP contribution in [-0.2, 0) is 4.84 Å². The fourth-order valence-corrected chi connectivity index (χ4v) is 0.457. The average Bonchev–Trinajstić information content (AvgIpc) is 1.90. The van der Waals surface area contributed by atoms with Crippen molar-refractivity contribution in [2.24, 2.45) is 0 Å². The van der Waals surface area contributed by atoms with Crippen molar-refractivity contribution < 1.29 is 4.84 Å². The summed E-state index contributed by atoms with van der Waals surface area (Å²) in [6, 6.07) is 0. The summed E-state index contributed by atoms with van der Waals surface area (Å²) in [7, 11) is 0. The minimum atomic E-state index is 0.722. The third-order valence-corrected chi connectivity index (χ3v) is 0.785. The van der Waals surface area contributed by atoms with E-state index in [-0.39, 0.29) is 0 Å². The molecule has 39 valence electrons. The highest BCUT2D eigenvalue weighted by molar-refractivity contribution is 4.75. The van der Waals surface area contributed by atoms with E-state index in [4.69, 9.17) is 4.84 Å². The van der Waals surface area contributed by atoms with Crippen LogP contribution in [-0.4, -0.2) is 13.2 Å². The van der Waals surface area contributed by atoms with Crippen LogP contribution < -0.4 is 5.48 Å². The van der Waals surface area contributed by atoms with Gasteiger partial charge >= 0.3 is 0 Å². The molecule has 0 unspecified atom stereocenters. The standard InChI is InChI=1S/C5H8NO/c1-2-4-6-7-5-3-1/h1,6H,3-5H2. The highest BCUT2D eigenvalue weighted by Crippen LogP contribution is 1.85. The Morgan fingerprint density at radius 1 is 1.71 bits per heavy atom. The van der Waals surface area contributed by atoms with Crippen molar-refractivity contribution >= 4 is 0 Å². The molecular weight excluding hydrogens is 90.1 g/mol. The lowest BCUT2D eigenvalue weighted by Crippen LogP contribution is -2.12. The fraction of sp³-hybridized carbons (Fsp3) is 0.600. The maximum atomic E-state index is 4.85. The number of rotatable bonds is 0. The van der Waals surface area contributed by atoms with Crippen molar-refractivity contribution in [1.29, 1.82) is 0 Å². The van der Waals surface area contributed by atoms with Gasteiger partial charge in [0, 0.05) is 6.54 Å². The summed E-state index contributed by atoms with van der Waals surface area (Å²) < 4.78 is 0. The SMILES string of the molecule is [C]1=CCCONC1. The second-order valence-corrected chi connectivity index (χ2v) is 1.37. The van der Waals surface area contributed by atoms with Crippen molar-refractivity contribution in [3.8, 4) is 0 Å². The van der Waals surface area contributed by atoms with Gasteiger partial charge in [-0.15, -0.1) is 0 Å². The zero-order chi connectivity index (χ0) is 4.95. The predicted octanol–water partition coefficient (Wildman–Crippen LogP) is 0.271. The van der Waals surface area contributed by atoms with Gasteiger partial charge in [0.2, 0.25) is 0 Å². The van der Waals surface area contributed by atoms with Gasteiger partial charge in [-0.05, 0) is 12.5 Å². The summed E-state index contributed by atoms with van der Waals surface area (Å²) in [6.45, 7) is 1.49. The quantitative estimate of drug-likeness (QED) is 0.469. The smallest absolute Gasteiger partial charge is 0.0716 e. The molecule has 1 aliphatic heterocycles. The zero-order valence-electron chi connectivity index (χ0n) is 4.11. The molecular formula is C5H8NO. The van der Waals surface area contributed by atoms with Gasteiger partial charge in [-0.3, -0.25) is 0 Å². The summed E-state index contributed by atoms with van der Waals surface area (Å²) >= 11 is 0. The molecule has 1 aliphatic rings. The first-order valence-corrected chi connectivity index (χ1v) is 2.40. The van der Waals surface area contributed by atoms with E-state index in [0.29, 0.717) is 0 Å². The lowest BCUT2D eigenvalue weighted by atomic mass is 10.4. The van der Waals surface area contributed by atoms with Gasteiger partial charge in [0.25, 0.3) is 0 Å². The molecule has 0 aliphatic carbocycles. The summed E-state index contributed by atoms with van der Waals surface area (Å²) in [5, 5.41) is 0. The van der Waals surface area contributed by atoms with Crippen molar-refractivity contribution in [1.82, 2.24) is 5.48 Å². The monoisotopic (exact) mass is 98.1 g/mol. The summed E-state index contributed by atoms with van der Waals surface area (Å²) in [5.41, 5.74) is 2.70. The number of hydrogen-bond acceptors (Lipinski definition) is 2. The molecule has 1 N–H and O–H groups in total. The van der Waals surface area contributed by atoms with Crippen LogP contribution in [0.1, 0.15) is 6.42 Å². The fourth-order valence-electron chi connectivity index (χ4n) is 0.457. The second-order valence-electron chi connectivity index (χ2n) is 1.37. The molecule has 0 saturated heterocycles. The number of nitrogens with one attached hydrogen (secondary N) is 1. The minimum Gasteiger partial charge on any atom is -0.301 e. The summed E-state index contributed by atoms with van der Waals surface area (Å²) in [5.74, 6) is 0. The van der Waals surface area contributed by atoms with Crippen LogP contribution in [0.5, 0.6) is 0 Å². The Labute approximate surface area is 43.1 Å². The van der Waals surface area contributed by atoms with E-state index < -0.39 is 0 Å². The highest BCUT2D eigenvalue weighted by atomic mass is 16.6. The Kier molecular flexibility index (Phi) is 1.90. The Morgan fingerprint density at radius 3 is 3.71 bits per heavy atom. The topological polar surface area (TPSA) is 21.3 Å². The van der Waals surface area contributed by atoms with Crippen molar-refractivity contribution in [3.63, 3.8) is 0 Å². The Morgan fingerprint density at radius 2 is 2.71 bits per heavy atom. The van der Waals surface area contributed by atoms with Gasteiger partial charge in [0.05, 0.1) is 6.61 Å². The summed E-state index contributed by atoms with van der Waals surface area (Å²) in [4.78, 5) is 4.85. The van der Waals surface area contributed by atoms with E-state index in [2.05, 4.69) is 11.6 Å². The second kappa shape index (κ2) is 2.77. The first kappa shape index (κ1) is 4.81. The normalized spacial score (nSPS) is 21.7. The van der Waals surface area contributed by atoms with Crippen molar-refractivity contribution in [3.05, 3.63) is 12.2 Å². The van der Waals surface area contributed by atoms with Crippen LogP contribution in [0.2, 0.25) is 0 Å². The Hall–Kier alpha value is -0.340. The first-order valence-electron chi connectivity index (χ1n) is 2.40. The van der Waals surface area contributed by atoms with E-state index >= 15 is 0 Å². The number of hydroxylamine groups is 1. The molecule has 1 rings (SSSR count). The number of hydrogen-bond donors (Lipinski definition) is 1. The molecule has 0 fully saturated rings. The van der Waals surface area contributed by atoms with Crippen LogP contribution in [0, 0.1) is 6.08 Å². The van der Waals surface area contributed by atoms with E-state index in [0.717, 1.165) is 19.6 Å². The van der Waals surface area contributed by atoms with E-state index in [1.54, 1.807) is 0 Å². The van der Waals surface area contributed by atoms with Gasteiger partial charge in [0.15, 0.2) is 0 Å². The third kappa shape index (κ3) is 1.71. The predicted molar refractivity (Wildman–Crippen MR) is 26.4 cm³/mol. The van der Waals surface area contributed by atoms with Crippen molar-refractivity contribution in [2.45, 2.75) is 6.42 Å². The van der Waals surface area contributed by atoms with Gasteiger partial charge in [-0.1, -0.05) is 6.08 Å². The van der Waals surface area contributed by atoms with Crippen LogP contribution in [0.4, 0.5) is 0 Å². The average molecular weight is 98.1 g/mol. The summed E-state index contributed by atoms with van der Waals surface area (Å²) in [6.07, 6.45) is 5.95. The van der Waals surface area contributed by atoms with Gasteiger partial charge in [0.1, 0.15) is 0 Å². The molecule has 0 aromatic heterocycles. The molecule has 0 saturated carbocycles.